The van der Waals surface area contributed by atoms with Gasteiger partial charge in [-0.25, -0.2) is 8.42 Å². The molecule has 0 aliphatic carbocycles. The van der Waals surface area contributed by atoms with Gasteiger partial charge in [0, 0.05) is 11.3 Å². The Balaban J connectivity index is 1.83. The van der Waals surface area contributed by atoms with Crippen molar-refractivity contribution in [3.63, 3.8) is 0 Å². The number of hydrogen-bond donors (Lipinski definition) is 2. The van der Waals surface area contributed by atoms with Crippen LogP contribution in [0.2, 0.25) is 0 Å². The maximum Gasteiger partial charge on any atom is 0.418 e. The molecule has 0 aromatic heterocycles. The van der Waals surface area contributed by atoms with Crippen molar-refractivity contribution in [3.8, 4) is 5.75 Å². The van der Waals surface area contributed by atoms with Crippen molar-refractivity contribution in [1.82, 2.24) is 0 Å². The van der Waals surface area contributed by atoms with Gasteiger partial charge in [0.25, 0.3) is 15.9 Å². The van der Waals surface area contributed by atoms with E-state index < -0.39 is 33.4 Å². The van der Waals surface area contributed by atoms with E-state index in [-0.39, 0.29) is 16.1 Å². The summed E-state index contributed by atoms with van der Waals surface area (Å²) in [6, 6.07) is 15.6. The average molecular weight is 450 g/mol. The van der Waals surface area contributed by atoms with Gasteiger partial charge in [0.15, 0.2) is 0 Å². The number of hydrogen-bond acceptors (Lipinski definition) is 4. The number of carbonyl (C=O) groups is 1. The van der Waals surface area contributed by atoms with E-state index in [1.165, 1.54) is 49.6 Å². The molecule has 3 rings (SSSR count). The number of benzene rings is 3. The number of alkyl halides is 3. The SMILES string of the molecule is COc1ccc(NS(=O)(=O)c2cccc(C(=O)Nc3ccccc3C(F)(F)F)c2)cc1. The van der Waals surface area contributed by atoms with Gasteiger partial charge in [-0.05, 0) is 54.6 Å². The zero-order valence-corrected chi connectivity index (χ0v) is 16.9. The molecule has 0 aliphatic rings. The first-order valence-electron chi connectivity index (χ1n) is 8.85. The van der Waals surface area contributed by atoms with Crippen molar-refractivity contribution in [2.24, 2.45) is 0 Å². The predicted octanol–water partition coefficient (Wildman–Crippen LogP) is 4.77. The van der Waals surface area contributed by atoms with E-state index in [0.717, 1.165) is 18.2 Å². The van der Waals surface area contributed by atoms with E-state index in [4.69, 9.17) is 4.74 Å². The monoisotopic (exact) mass is 450 g/mol. The molecule has 2 N–H and O–H groups in total. The first kappa shape index (κ1) is 22.2. The highest BCUT2D eigenvalue weighted by atomic mass is 32.2. The number of carbonyl (C=O) groups excluding carboxylic acids is 1. The van der Waals surface area contributed by atoms with Crippen LogP contribution >= 0.6 is 0 Å². The van der Waals surface area contributed by atoms with Crippen molar-refractivity contribution in [1.29, 1.82) is 0 Å². The Morgan fingerprint density at radius 2 is 1.61 bits per heavy atom. The van der Waals surface area contributed by atoms with Gasteiger partial charge in [0.1, 0.15) is 5.75 Å². The number of anilines is 2. The van der Waals surface area contributed by atoms with Crippen molar-refractivity contribution >= 4 is 27.3 Å². The fourth-order valence-electron chi connectivity index (χ4n) is 2.71. The number of amides is 1. The van der Waals surface area contributed by atoms with Crippen LogP contribution in [0.5, 0.6) is 5.75 Å². The molecular weight excluding hydrogens is 433 g/mol. The number of halogens is 3. The number of sulfonamides is 1. The molecule has 3 aromatic carbocycles. The average Bonchev–Trinajstić information content (AvgIpc) is 2.74. The second kappa shape index (κ2) is 8.68. The Kier molecular flexibility index (Phi) is 6.21. The Hall–Kier alpha value is -3.53. The molecule has 0 fully saturated rings. The third kappa shape index (κ3) is 5.34. The lowest BCUT2D eigenvalue weighted by molar-refractivity contribution is -0.136. The fourth-order valence-corrected chi connectivity index (χ4v) is 3.82. The topological polar surface area (TPSA) is 84.5 Å². The molecule has 0 atom stereocenters. The van der Waals surface area contributed by atoms with Crippen LogP contribution in [0.4, 0.5) is 24.5 Å². The summed E-state index contributed by atoms with van der Waals surface area (Å²) in [5.74, 6) is -0.334. The van der Waals surface area contributed by atoms with Gasteiger partial charge in [-0.2, -0.15) is 13.2 Å². The second-order valence-electron chi connectivity index (χ2n) is 6.36. The molecule has 0 spiro atoms. The number of para-hydroxylation sites is 1. The van der Waals surface area contributed by atoms with E-state index in [0.29, 0.717) is 5.75 Å². The van der Waals surface area contributed by atoms with Gasteiger partial charge in [-0.1, -0.05) is 18.2 Å². The predicted molar refractivity (Wildman–Crippen MR) is 110 cm³/mol. The smallest absolute Gasteiger partial charge is 0.418 e. The Bertz CT molecular complexity index is 1190. The maximum absolute atomic E-state index is 13.1. The Labute approximate surface area is 176 Å². The first-order chi connectivity index (χ1) is 14.6. The molecule has 0 aliphatic heterocycles. The zero-order valence-electron chi connectivity index (χ0n) is 16.1. The van der Waals surface area contributed by atoms with E-state index in [1.807, 2.05) is 0 Å². The van der Waals surface area contributed by atoms with Crippen LogP contribution in [0.1, 0.15) is 15.9 Å². The molecule has 6 nitrogen and oxygen atoms in total. The minimum atomic E-state index is -4.66. The molecule has 0 bridgehead atoms. The van der Waals surface area contributed by atoms with Crippen LogP contribution < -0.4 is 14.8 Å². The normalized spacial score (nSPS) is 11.6. The number of rotatable bonds is 6. The van der Waals surface area contributed by atoms with Gasteiger partial charge in [0.05, 0.1) is 23.3 Å². The summed E-state index contributed by atoms with van der Waals surface area (Å²) in [6.07, 6.45) is -4.66. The highest BCUT2D eigenvalue weighted by Crippen LogP contribution is 2.34. The molecule has 1 amide bonds. The fraction of sp³-hybridized carbons (Fsp3) is 0.0952. The summed E-state index contributed by atoms with van der Waals surface area (Å²) in [6.45, 7) is 0. The van der Waals surface area contributed by atoms with Crippen LogP contribution in [-0.4, -0.2) is 21.4 Å². The number of nitrogens with one attached hydrogen (secondary N) is 2. The van der Waals surface area contributed by atoms with Crippen LogP contribution in [0.3, 0.4) is 0 Å². The highest BCUT2D eigenvalue weighted by Gasteiger charge is 2.33. The zero-order chi connectivity index (χ0) is 22.6. The maximum atomic E-state index is 13.1. The van der Waals surface area contributed by atoms with Gasteiger partial charge in [-0.3, -0.25) is 9.52 Å². The van der Waals surface area contributed by atoms with E-state index in [9.17, 15) is 26.4 Å². The lowest BCUT2D eigenvalue weighted by Gasteiger charge is -2.14. The van der Waals surface area contributed by atoms with Crippen molar-refractivity contribution in [2.45, 2.75) is 11.1 Å². The first-order valence-corrected chi connectivity index (χ1v) is 10.3. The summed E-state index contributed by atoms with van der Waals surface area (Å²) >= 11 is 0. The summed E-state index contributed by atoms with van der Waals surface area (Å²) in [7, 11) is -2.57. The van der Waals surface area contributed by atoms with Crippen molar-refractivity contribution in [3.05, 3.63) is 83.9 Å². The summed E-state index contributed by atoms with van der Waals surface area (Å²) in [4.78, 5) is 12.3. The lowest BCUT2D eigenvalue weighted by atomic mass is 10.1. The van der Waals surface area contributed by atoms with Gasteiger partial charge in [0.2, 0.25) is 0 Å². The quantitative estimate of drug-likeness (QED) is 0.567. The molecule has 0 saturated carbocycles. The lowest BCUT2D eigenvalue weighted by Crippen LogP contribution is -2.18. The van der Waals surface area contributed by atoms with Crippen molar-refractivity contribution in [2.75, 3.05) is 17.1 Å². The van der Waals surface area contributed by atoms with Gasteiger partial charge >= 0.3 is 6.18 Å². The molecule has 31 heavy (non-hydrogen) atoms. The standard InChI is InChI=1S/C21H17F3N2O4S/c1-30-16-11-9-15(10-12-16)26-31(28,29)17-6-4-5-14(13-17)20(27)25-19-8-3-2-7-18(19)21(22,23)24/h2-13,26H,1H3,(H,25,27). The van der Waals surface area contributed by atoms with E-state index >= 15 is 0 Å². The minimum Gasteiger partial charge on any atom is -0.497 e. The second-order valence-corrected chi connectivity index (χ2v) is 8.04. The molecule has 0 saturated heterocycles. The van der Waals surface area contributed by atoms with Gasteiger partial charge in [-0.15, -0.1) is 0 Å². The molecule has 10 heteroatoms. The molecule has 0 radical (unpaired) electrons. The van der Waals surface area contributed by atoms with Crippen LogP contribution in [0.15, 0.2) is 77.7 Å². The molecule has 3 aromatic rings. The summed E-state index contributed by atoms with van der Waals surface area (Å²) in [5, 5.41) is 2.19. The van der Waals surface area contributed by atoms with E-state index in [2.05, 4.69) is 10.0 Å². The highest BCUT2D eigenvalue weighted by molar-refractivity contribution is 7.92. The van der Waals surface area contributed by atoms with Gasteiger partial charge < -0.3 is 10.1 Å². The summed E-state index contributed by atoms with van der Waals surface area (Å²) in [5.41, 5.74) is -1.28. The van der Waals surface area contributed by atoms with Crippen LogP contribution in [-0.2, 0) is 16.2 Å². The molecule has 0 unspecified atom stereocenters. The third-order valence-electron chi connectivity index (χ3n) is 4.23. The minimum absolute atomic E-state index is 0.116. The van der Waals surface area contributed by atoms with Crippen LogP contribution in [0, 0.1) is 0 Å². The van der Waals surface area contributed by atoms with Crippen molar-refractivity contribution < 1.29 is 31.1 Å². The Morgan fingerprint density at radius 1 is 0.935 bits per heavy atom. The number of ether oxygens (including phenoxy) is 1. The third-order valence-corrected chi connectivity index (χ3v) is 5.61. The molecular formula is C21H17F3N2O4S. The number of methoxy groups -OCH3 is 1. The summed E-state index contributed by atoms with van der Waals surface area (Å²) < 4.78 is 72.1. The van der Waals surface area contributed by atoms with E-state index in [1.54, 1.807) is 12.1 Å². The molecule has 162 valence electrons. The van der Waals surface area contributed by atoms with Crippen LogP contribution in [0.25, 0.3) is 0 Å². The molecule has 0 heterocycles. The Morgan fingerprint density at radius 3 is 2.26 bits per heavy atom. The largest absolute Gasteiger partial charge is 0.497 e.